The smallest absolute Gasteiger partial charge is 0.130 e. The van der Waals surface area contributed by atoms with E-state index in [9.17, 15) is 0 Å². The number of benzene rings is 3. The highest BCUT2D eigenvalue weighted by molar-refractivity contribution is 6.30. The van der Waals surface area contributed by atoms with Gasteiger partial charge in [0.05, 0.1) is 42.7 Å². The highest BCUT2D eigenvalue weighted by Gasteiger charge is 2.31. The van der Waals surface area contributed by atoms with Crippen LogP contribution < -0.4 is 28.4 Å². The first-order chi connectivity index (χ1) is 15.5. The summed E-state index contributed by atoms with van der Waals surface area (Å²) in [5.74, 6) is 3.25. The van der Waals surface area contributed by atoms with Crippen LogP contribution in [0.25, 0.3) is 0 Å². The molecule has 0 aliphatic carbocycles. The summed E-state index contributed by atoms with van der Waals surface area (Å²) in [7, 11) is 9.64. The Balaban J connectivity index is 2.43. The molecule has 0 aliphatic heterocycles. The van der Waals surface area contributed by atoms with Gasteiger partial charge in [0.25, 0.3) is 0 Å². The highest BCUT2D eigenvalue weighted by Crippen LogP contribution is 2.50. The molecule has 170 valence electrons. The van der Waals surface area contributed by atoms with Crippen LogP contribution in [0.2, 0.25) is 5.02 Å². The van der Waals surface area contributed by atoms with Crippen molar-refractivity contribution in [1.29, 1.82) is 0 Å². The minimum Gasteiger partial charge on any atom is -0.496 e. The molecule has 0 saturated carbocycles. The van der Waals surface area contributed by atoms with E-state index < -0.39 is 0 Å². The summed E-state index contributed by atoms with van der Waals surface area (Å²) in [5.41, 5.74) is 2.53. The zero-order chi connectivity index (χ0) is 23.3. The van der Waals surface area contributed by atoms with Gasteiger partial charge in [-0.3, -0.25) is 0 Å². The van der Waals surface area contributed by atoms with Gasteiger partial charge in [-0.05, 0) is 17.7 Å². The van der Waals surface area contributed by atoms with Crippen molar-refractivity contribution < 1.29 is 28.4 Å². The van der Waals surface area contributed by atoms with Crippen LogP contribution in [0.1, 0.15) is 22.6 Å². The van der Waals surface area contributed by atoms with Gasteiger partial charge in [0.2, 0.25) is 0 Å². The fourth-order valence-electron chi connectivity index (χ4n) is 3.77. The van der Waals surface area contributed by atoms with Gasteiger partial charge in [0.15, 0.2) is 0 Å². The molecular formula is C25H27ClO6. The monoisotopic (exact) mass is 458 g/mol. The van der Waals surface area contributed by atoms with E-state index in [1.165, 1.54) is 0 Å². The van der Waals surface area contributed by atoms with E-state index in [1.54, 1.807) is 42.7 Å². The van der Waals surface area contributed by atoms with E-state index in [1.807, 2.05) is 48.5 Å². The molecule has 7 heteroatoms. The molecule has 0 atom stereocenters. The van der Waals surface area contributed by atoms with Gasteiger partial charge in [0, 0.05) is 46.3 Å². The zero-order valence-corrected chi connectivity index (χ0v) is 19.8. The fraction of sp³-hybridized carbons (Fsp3) is 0.280. The van der Waals surface area contributed by atoms with Crippen molar-refractivity contribution >= 4 is 11.6 Å². The third-order valence-corrected chi connectivity index (χ3v) is 5.54. The first-order valence-corrected chi connectivity index (χ1v) is 10.2. The number of rotatable bonds is 9. The molecule has 6 nitrogen and oxygen atoms in total. The van der Waals surface area contributed by atoms with Gasteiger partial charge in [-0.25, -0.2) is 0 Å². The number of hydrogen-bond acceptors (Lipinski definition) is 6. The molecule has 0 spiro atoms. The third kappa shape index (κ3) is 4.50. The molecule has 0 radical (unpaired) electrons. The Kier molecular flexibility index (Phi) is 7.59. The standard InChI is InChI=1S/C25H27ClO6/c1-27-17-11-19(29-3)24(20(12-17)30-4)23(15-7-9-16(26)10-8-15)25-21(31-5)13-18(28-2)14-22(25)32-6/h7-14,23H,1-6H3. The zero-order valence-electron chi connectivity index (χ0n) is 19.0. The van der Waals surface area contributed by atoms with Crippen LogP contribution in [0.5, 0.6) is 34.5 Å². The number of ether oxygens (including phenoxy) is 6. The van der Waals surface area contributed by atoms with E-state index in [0.29, 0.717) is 39.5 Å². The van der Waals surface area contributed by atoms with E-state index in [0.717, 1.165) is 16.7 Å². The maximum atomic E-state index is 6.19. The maximum Gasteiger partial charge on any atom is 0.130 e. The molecule has 3 rings (SSSR count). The molecule has 0 aromatic heterocycles. The lowest BCUT2D eigenvalue weighted by atomic mass is 9.82. The molecule has 0 heterocycles. The first kappa shape index (κ1) is 23.4. The van der Waals surface area contributed by atoms with Gasteiger partial charge >= 0.3 is 0 Å². The Bertz CT molecular complexity index is 951. The number of hydrogen-bond donors (Lipinski definition) is 0. The molecule has 0 bridgehead atoms. The van der Waals surface area contributed by atoms with Crippen LogP contribution in [-0.4, -0.2) is 42.7 Å². The molecule has 0 amide bonds. The minimum atomic E-state index is -0.376. The summed E-state index contributed by atoms with van der Waals surface area (Å²) >= 11 is 6.19. The van der Waals surface area contributed by atoms with Crippen molar-refractivity contribution in [3.63, 3.8) is 0 Å². The van der Waals surface area contributed by atoms with Crippen LogP contribution in [-0.2, 0) is 0 Å². The normalized spacial score (nSPS) is 10.6. The topological polar surface area (TPSA) is 55.4 Å². The first-order valence-electron chi connectivity index (χ1n) is 9.86. The van der Waals surface area contributed by atoms with E-state index in [4.69, 9.17) is 40.0 Å². The van der Waals surface area contributed by atoms with Crippen molar-refractivity contribution in [2.75, 3.05) is 42.7 Å². The number of halogens is 1. The fourth-order valence-corrected chi connectivity index (χ4v) is 3.89. The minimum absolute atomic E-state index is 0.376. The van der Waals surface area contributed by atoms with Crippen molar-refractivity contribution in [3.8, 4) is 34.5 Å². The molecule has 0 fully saturated rings. The molecule has 0 aliphatic rings. The van der Waals surface area contributed by atoms with Crippen LogP contribution in [0, 0.1) is 0 Å². The molecular weight excluding hydrogens is 432 g/mol. The Morgan fingerprint density at radius 2 is 0.875 bits per heavy atom. The SMILES string of the molecule is COc1cc(OC)c(C(c2ccc(Cl)cc2)c2c(OC)cc(OC)cc2OC)c(OC)c1. The van der Waals surface area contributed by atoms with Crippen molar-refractivity contribution in [2.45, 2.75) is 5.92 Å². The van der Waals surface area contributed by atoms with Gasteiger partial charge in [-0.15, -0.1) is 0 Å². The summed E-state index contributed by atoms with van der Waals surface area (Å²) in [6, 6.07) is 14.9. The molecule has 0 saturated heterocycles. The summed E-state index contributed by atoms with van der Waals surface area (Å²) in [6.45, 7) is 0. The molecule has 32 heavy (non-hydrogen) atoms. The largest absolute Gasteiger partial charge is 0.496 e. The van der Waals surface area contributed by atoms with Crippen molar-refractivity contribution in [1.82, 2.24) is 0 Å². The van der Waals surface area contributed by atoms with Crippen molar-refractivity contribution in [2.24, 2.45) is 0 Å². The Labute approximate surface area is 193 Å². The number of methoxy groups -OCH3 is 6. The van der Waals surface area contributed by atoms with Crippen molar-refractivity contribution in [3.05, 3.63) is 70.2 Å². The summed E-state index contributed by atoms with van der Waals surface area (Å²) in [6.07, 6.45) is 0. The second-order valence-corrected chi connectivity index (χ2v) is 7.31. The quantitative estimate of drug-likeness (QED) is 0.390. The average Bonchev–Trinajstić information content (AvgIpc) is 2.84. The van der Waals surface area contributed by atoms with E-state index in [-0.39, 0.29) is 5.92 Å². The van der Waals surface area contributed by atoms with Gasteiger partial charge in [-0.2, -0.15) is 0 Å². The summed E-state index contributed by atoms with van der Waals surface area (Å²) in [4.78, 5) is 0. The lowest BCUT2D eigenvalue weighted by Gasteiger charge is -2.27. The Hall–Kier alpha value is -3.25. The average molecular weight is 459 g/mol. The lowest BCUT2D eigenvalue weighted by molar-refractivity contribution is 0.359. The molecule has 0 unspecified atom stereocenters. The molecule has 3 aromatic rings. The highest BCUT2D eigenvalue weighted by atomic mass is 35.5. The third-order valence-electron chi connectivity index (χ3n) is 5.29. The second kappa shape index (κ2) is 10.4. The molecule has 0 N–H and O–H groups in total. The maximum absolute atomic E-state index is 6.19. The van der Waals surface area contributed by atoms with E-state index in [2.05, 4.69) is 0 Å². The van der Waals surface area contributed by atoms with Gasteiger partial charge in [0.1, 0.15) is 34.5 Å². The lowest BCUT2D eigenvalue weighted by Crippen LogP contribution is -2.11. The second-order valence-electron chi connectivity index (χ2n) is 6.88. The van der Waals surface area contributed by atoms with Crippen LogP contribution in [0.15, 0.2) is 48.5 Å². The van der Waals surface area contributed by atoms with Crippen LogP contribution >= 0.6 is 11.6 Å². The molecule has 3 aromatic carbocycles. The summed E-state index contributed by atoms with van der Waals surface area (Å²) < 4.78 is 34.0. The predicted molar refractivity (Wildman–Crippen MR) is 125 cm³/mol. The summed E-state index contributed by atoms with van der Waals surface area (Å²) in [5, 5.41) is 0.634. The Morgan fingerprint density at radius 3 is 1.16 bits per heavy atom. The van der Waals surface area contributed by atoms with Gasteiger partial charge < -0.3 is 28.4 Å². The predicted octanol–water partition coefficient (Wildman–Crippen LogP) is 5.57. The van der Waals surface area contributed by atoms with Crippen LogP contribution in [0.4, 0.5) is 0 Å². The van der Waals surface area contributed by atoms with E-state index >= 15 is 0 Å². The Morgan fingerprint density at radius 1 is 0.531 bits per heavy atom. The van der Waals surface area contributed by atoms with Crippen LogP contribution in [0.3, 0.4) is 0 Å². The van der Waals surface area contributed by atoms with Gasteiger partial charge in [-0.1, -0.05) is 23.7 Å².